The first-order chi connectivity index (χ1) is 15.7. The first-order valence-corrected chi connectivity index (χ1v) is 11.9. The Kier molecular flexibility index (Phi) is 5.58. The van der Waals surface area contributed by atoms with Crippen molar-refractivity contribution in [2.75, 3.05) is 20.1 Å². The molecule has 2 bridgehead atoms. The molecule has 2 amide bonds. The maximum absolute atomic E-state index is 13.2. The van der Waals surface area contributed by atoms with Gasteiger partial charge in [-0.05, 0) is 44.4 Å². The summed E-state index contributed by atoms with van der Waals surface area (Å²) in [4.78, 5) is 29.4. The largest absolute Gasteiger partial charge is 0.411 e. The van der Waals surface area contributed by atoms with Gasteiger partial charge in [-0.3, -0.25) is 14.5 Å². The van der Waals surface area contributed by atoms with Crippen LogP contribution >= 0.6 is 0 Å². The summed E-state index contributed by atoms with van der Waals surface area (Å²) in [5, 5.41) is 5.36. The van der Waals surface area contributed by atoms with Gasteiger partial charge >= 0.3 is 6.18 Å². The van der Waals surface area contributed by atoms with Gasteiger partial charge in [-0.25, -0.2) is 0 Å². The molecule has 6 nitrogen and oxygen atoms in total. The maximum Gasteiger partial charge on any atom is 0.411 e. The number of amides is 2. The van der Waals surface area contributed by atoms with Crippen LogP contribution in [-0.2, 0) is 9.59 Å². The lowest BCUT2D eigenvalue weighted by molar-refractivity contribution is -0.170. The lowest BCUT2D eigenvalue weighted by atomic mass is 9.89. The third-order valence-corrected chi connectivity index (χ3v) is 8.07. The smallest absolute Gasteiger partial charge is 0.373 e. The molecule has 5 rings (SSSR count). The van der Waals surface area contributed by atoms with Crippen molar-refractivity contribution in [3.8, 4) is 0 Å². The van der Waals surface area contributed by atoms with Crippen molar-refractivity contribution in [1.29, 1.82) is 0 Å². The number of halogens is 3. The van der Waals surface area contributed by atoms with Gasteiger partial charge in [0.15, 0.2) is 0 Å². The van der Waals surface area contributed by atoms with E-state index in [-0.39, 0.29) is 49.3 Å². The summed E-state index contributed by atoms with van der Waals surface area (Å²) in [7, 11) is 1.98. The Morgan fingerprint density at radius 1 is 1.12 bits per heavy atom. The number of hydrogen-bond donors (Lipinski definition) is 2. The van der Waals surface area contributed by atoms with Gasteiger partial charge in [-0.1, -0.05) is 24.3 Å². The second-order valence-electron chi connectivity index (χ2n) is 10.3. The van der Waals surface area contributed by atoms with Crippen molar-refractivity contribution in [3.63, 3.8) is 0 Å². The zero-order valence-corrected chi connectivity index (χ0v) is 18.8. The van der Waals surface area contributed by atoms with Crippen LogP contribution in [0.15, 0.2) is 36.1 Å². The normalized spacial score (nSPS) is 34.1. The van der Waals surface area contributed by atoms with E-state index in [0.29, 0.717) is 12.5 Å². The summed E-state index contributed by atoms with van der Waals surface area (Å²) in [5.74, 6) is -0.184. The van der Waals surface area contributed by atoms with Crippen molar-refractivity contribution >= 4 is 11.8 Å². The van der Waals surface area contributed by atoms with E-state index in [4.69, 9.17) is 0 Å². The molecule has 3 unspecified atom stereocenters. The Hall–Kier alpha value is -2.29. The minimum absolute atomic E-state index is 0.0222. The number of alkyl halides is 3. The maximum atomic E-state index is 13.2. The number of nitrogens with one attached hydrogen (secondary N) is 2. The summed E-state index contributed by atoms with van der Waals surface area (Å²) in [6.07, 6.45) is 9.21. The van der Waals surface area contributed by atoms with E-state index in [9.17, 15) is 22.8 Å². The summed E-state index contributed by atoms with van der Waals surface area (Å²) in [5.41, 5.74) is -1.23. The predicted octanol–water partition coefficient (Wildman–Crippen LogP) is 2.50. The van der Waals surface area contributed by atoms with Crippen LogP contribution in [-0.4, -0.2) is 71.6 Å². The molecule has 0 aromatic carbocycles. The van der Waals surface area contributed by atoms with Crippen molar-refractivity contribution in [1.82, 2.24) is 20.4 Å². The van der Waals surface area contributed by atoms with Gasteiger partial charge in [0.1, 0.15) is 5.54 Å². The lowest BCUT2D eigenvalue weighted by Gasteiger charge is -2.39. The Labute approximate surface area is 191 Å². The third kappa shape index (κ3) is 4.20. The van der Waals surface area contributed by atoms with Crippen LogP contribution in [0.4, 0.5) is 13.2 Å². The summed E-state index contributed by atoms with van der Waals surface area (Å²) < 4.78 is 39.5. The quantitative estimate of drug-likeness (QED) is 0.634. The molecule has 9 heteroatoms. The van der Waals surface area contributed by atoms with Gasteiger partial charge < -0.3 is 15.5 Å². The fourth-order valence-electron chi connectivity index (χ4n) is 6.10. The average Bonchev–Trinajstić information content (AvgIpc) is 3.43. The topological polar surface area (TPSA) is 64.7 Å². The second kappa shape index (κ2) is 8.18. The van der Waals surface area contributed by atoms with Gasteiger partial charge in [0, 0.05) is 43.4 Å². The van der Waals surface area contributed by atoms with Gasteiger partial charge in [0.25, 0.3) is 0 Å². The summed E-state index contributed by atoms with van der Waals surface area (Å²) in [6.45, 7) is 0.607. The Balaban J connectivity index is 1.12. The number of carbonyl (C=O) groups is 2. The Morgan fingerprint density at radius 2 is 1.79 bits per heavy atom. The molecule has 3 fully saturated rings. The molecule has 1 saturated carbocycles. The van der Waals surface area contributed by atoms with E-state index in [2.05, 4.69) is 32.6 Å². The molecule has 2 aliphatic carbocycles. The minimum Gasteiger partial charge on any atom is -0.373 e. The monoisotopic (exact) mass is 464 g/mol. The molecule has 0 spiro atoms. The highest BCUT2D eigenvalue weighted by molar-refractivity contribution is 5.95. The van der Waals surface area contributed by atoms with Crippen LogP contribution in [0.3, 0.4) is 0 Å². The molecule has 0 radical (unpaired) electrons. The fraction of sp³-hybridized carbons (Fsp3) is 0.667. The number of carbonyl (C=O) groups excluding carboxylic acids is 2. The molecule has 2 saturated heterocycles. The second-order valence-corrected chi connectivity index (χ2v) is 10.3. The highest BCUT2D eigenvalue weighted by atomic mass is 19.4. The third-order valence-electron chi connectivity index (χ3n) is 8.07. The van der Waals surface area contributed by atoms with E-state index >= 15 is 0 Å². The Bertz CT molecular complexity index is 894. The molecule has 0 aromatic heterocycles. The SMILES string of the molecule is CN1C=C(C(=O)NCC2C[C@H]3CC[C@@H](C2)N3CC(=O)NC2(C(F)(F)F)CC2)C2C=CC=CC21. The average molecular weight is 465 g/mol. The number of piperidine rings is 1. The predicted molar refractivity (Wildman–Crippen MR) is 117 cm³/mol. The van der Waals surface area contributed by atoms with E-state index in [0.717, 1.165) is 31.3 Å². The van der Waals surface area contributed by atoms with Crippen LogP contribution in [0.2, 0.25) is 0 Å². The van der Waals surface area contributed by atoms with Crippen molar-refractivity contribution < 1.29 is 22.8 Å². The number of hydrogen-bond acceptors (Lipinski definition) is 4. The van der Waals surface area contributed by atoms with Gasteiger partial charge in [-0.15, -0.1) is 0 Å². The highest BCUT2D eigenvalue weighted by Gasteiger charge is 2.64. The minimum atomic E-state index is -4.39. The van der Waals surface area contributed by atoms with Crippen molar-refractivity contribution in [2.24, 2.45) is 11.8 Å². The standard InChI is InChI=1S/C24H31F3N4O2/c1-30-13-19(18-4-2-3-5-20(18)30)22(33)28-12-15-10-16-6-7-17(11-15)31(16)14-21(32)29-23(8-9-23)24(25,26)27/h2-5,13,15-18,20H,6-12,14H2,1H3,(H,28,33)(H,29,32)/t15?,16-,17+,18?,20?. The van der Waals surface area contributed by atoms with Crippen LogP contribution in [0.1, 0.15) is 38.5 Å². The first kappa shape index (κ1) is 22.5. The Morgan fingerprint density at radius 3 is 2.42 bits per heavy atom. The van der Waals surface area contributed by atoms with Crippen LogP contribution < -0.4 is 10.6 Å². The molecule has 3 heterocycles. The molecular formula is C24H31F3N4O2. The van der Waals surface area contributed by atoms with Crippen LogP contribution in [0, 0.1) is 11.8 Å². The highest BCUT2D eigenvalue weighted by Crippen LogP contribution is 2.49. The molecule has 33 heavy (non-hydrogen) atoms. The molecule has 0 aromatic rings. The number of rotatable bonds is 6. The zero-order valence-electron chi connectivity index (χ0n) is 18.8. The fourth-order valence-corrected chi connectivity index (χ4v) is 6.10. The molecule has 5 atom stereocenters. The molecule has 5 aliphatic rings. The summed E-state index contributed by atoms with van der Waals surface area (Å²) >= 11 is 0. The molecule has 2 N–H and O–H groups in total. The molecule has 3 aliphatic heterocycles. The number of fused-ring (bicyclic) bond motifs is 3. The number of allylic oxidation sites excluding steroid dienone is 2. The first-order valence-electron chi connectivity index (χ1n) is 11.9. The van der Waals surface area contributed by atoms with E-state index in [1.165, 1.54) is 0 Å². The van der Waals surface area contributed by atoms with Crippen LogP contribution in [0.25, 0.3) is 0 Å². The van der Waals surface area contributed by atoms with Gasteiger partial charge in [0.2, 0.25) is 11.8 Å². The molecule has 180 valence electrons. The number of nitrogens with zero attached hydrogens (tertiary/aromatic N) is 2. The molecular weight excluding hydrogens is 433 g/mol. The van der Waals surface area contributed by atoms with Crippen molar-refractivity contribution in [2.45, 2.75) is 68.4 Å². The zero-order chi connectivity index (χ0) is 23.4. The van der Waals surface area contributed by atoms with Gasteiger partial charge in [-0.2, -0.15) is 13.2 Å². The van der Waals surface area contributed by atoms with Crippen LogP contribution in [0.5, 0.6) is 0 Å². The van der Waals surface area contributed by atoms with E-state index in [1.807, 2.05) is 25.4 Å². The van der Waals surface area contributed by atoms with Gasteiger partial charge in [0.05, 0.1) is 12.6 Å². The van der Waals surface area contributed by atoms with E-state index in [1.54, 1.807) is 0 Å². The lowest BCUT2D eigenvalue weighted by Crippen LogP contribution is -2.54. The summed E-state index contributed by atoms with van der Waals surface area (Å²) in [6, 6.07) is 0.559. The van der Waals surface area contributed by atoms with E-state index < -0.39 is 17.6 Å². The number of likely N-dealkylation sites (N-methyl/N-ethyl adjacent to an activating group) is 1. The van der Waals surface area contributed by atoms with Crippen molar-refractivity contribution in [3.05, 3.63) is 36.1 Å².